The van der Waals surface area contributed by atoms with Crippen molar-refractivity contribution < 1.29 is 18.3 Å². The highest BCUT2D eigenvalue weighted by molar-refractivity contribution is 4.78. The Morgan fingerprint density at radius 3 is 2.57 bits per heavy atom. The van der Waals surface area contributed by atoms with E-state index in [-0.39, 0.29) is 6.54 Å². The summed E-state index contributed by atoms with van der Waals surface area (Å²) in [6, 6.07) is 0. The van der Waals surface area contributed by atoms with Crippen LogP contribution in [0.15, 0.2) is 0 Å². The molecule has 1 heterocycles. The summed E-state index contributed by atoms with van der Waals surface area (Å²) in [7, 11) is 0. The van der Waals surface area contributed by atoms with Crippen molar-refractivity contribution in [1.29, 1.82) is 0 Å². The van der Waals surface area contributed by atoms with Gasteiger partial charge in [0.25, 0.3) is 0 Å². The van der Waals surface area contributed by atoms with Crippen LogP contribution < -0.4 is 0 Å². The van der Waals surface area contributed by atoms with E-state index in [9.17, 15) is 13.2 Å². The predicted octanol–water partition coefficient (Wildman–Crippen LogP) is 1.64. The highest BCUT2D eigenvalue weighted by atomic mass is 19.4. The first-order valence-electron chi connectivity index (χ1n) is 4.90. The van der Waals surface area contributed by atoms with Gasteiger partial charge in [0.15, 0.2) is 6.10 Å². The summed E-state index contributed by atoms with van der Waals surface area (Å²) in [5.41, 5.74) is 0. The molecule has 14 heavy (non-hydrogen) atoms. The molecule has 0 aromatic heterocycles. The van der Waals surface area contributed by atoms with E-state index in [1.165, 1.54) is 0 Å². The normalized spacial score (nSPS) is 26.8. The monoisotopic (exact) mass is 211 g/mol. The molecule has 0 aliphatic carbocycles. The van der Waals surface area contributed by atoms with Gasteiger partial charge in [0.1, 0.15) is 0 Å². The quantitative estimate of drug-likeness (QED) is 0.767. The van der Waals surface area contributed by atoms with Gasteiger partial charge in [-0.3, -0.25) is 0 Å². The lowest BCUT2D eigenvalue weighted by atomic mass is 10.1. The van der Waals surface area contributed by atoms with Crippen molar-refractivity contribution >= 4 is 0 Å². The van der Waals surface area contributed by atoms with Crippen LogP contribution in [0.5, 0.6) is 0 Å². The fourth-order valence-electron chi connectivity index (χ4n) is 1.76. The van der Waals surface area contributed by atoms with Crippen LogP contribution in [0.3, 0.4) is 0 Å². The Morgan fingerprint density at radius 1 is 1.50 bits per heavy atom. The van der Waals surface area contributed by atoms with Crippen molar-refractivity contribution in [1.82, 2.24) is 4.90 Å². The summed E-state index contributed by atoms with van der Waals surface area (Å²) < 4.78 is 36.0. The molecule has 84 valence electrons. The molecule has 1 aliphatic rings. The Morgan fingerprint density at radius 2 is 2.14 bits per heavy atom. The lowest BCUT2D eigenvalue weighted by Crippen LogP contribution is -2.40. The number of aliphatic hydroxyl groups is 1. The maximum Gasteiger partial charge on any atom is 0.415 e. The van der Waals surface area contributed by atoms with E-state index >= 15 is 0 Å². The molecule has 0 radical (unpaired) electrons. The number of alkyl halides is 3. The number of aliphatic hydroxyl groups excluding tert-OH is 1. The topological polar surface area (TPSA) is 23.5 Å². The largest absolute Gasteiger partial charge is 0.415 e. The number of hydrogen-bond acceptors (Lipinski definition) is 2. The zero-order chi connectivity index (χ0) is 10.8. The molecule has 1 N–H and O–H groups in total. The molecule has 1 rings (SSSR count). The van der Waals surface area contributed by atoms with Crippen LogP contribution in [0, 0.1) is 5.92 Å². The lowest BCUT2D eigenvalue weighted by molar-refractivity contribution is -0.207. The van der Waals surface area contributed by atoms with Gasteiger partial charge in [0, 0.05) is 13.1 Å². The van der Waals surface area contributed by atoms with Crippen LogP contribution in [-0.2, 0) is 0 Å². The highest BCUT2D eigenvalue weighted by Crippen LogP contribution is 2.24. The summed E-state index contributed by atoms with van der Waals surface area (Å²) in [6.45, 7) is 3.11. The van der Waals surface area contributed by atoms with Crippen LogP contribution in [0.2, 0.25) is 0 Å². The van der Waals surface area contributed by atoms with Gasteiger partial charge < -0.3 is 10.0 Å². The smallest absolute Gasteiger partial charge is 0.382 e. The van der Waals surface area contributed by atoms with Gasteiger partial charge in [0.2, 0.25) is 0 Å². The molecule has 1 saturated heterocycles. The molecule has 1 aliphatic heterocycles. The van der Waals surface area contributed by atoms with Gasteiger partial charge in [-0.15, -0.1) is 0 Å². The SMILES string of the molecule is CCC1CCN(CC(O)C(F)(F)F)C1. The molecular weight excluding hydrogens is 195 g/mol. The third-order valence-electron chi connectivity index (χ3n) is 2.76. The van der Waals surface area contributed by atoms with Crippen LogP contribution in [0.1, 0.15) is 19.8 Å². The van der Waals surface area contributed by atoms with Crippen molar-refractivity contribution in [2.75, 3.05) is 19.6 Å². The minimum atomic E-state index is -4.48. The Labute approximate surface area is 81.7 Å². The number of likely N-dealkylation sites (tertiary alicyclic amines) is 1. The summed E-state index contributed by atoms with van der Waals surface area (Å²) in [5.74, 6) is 0.496. The maximum atomic E-state index is 12.0. The Balaban J connectivity index is 2.32. The van der Waals surface area contributed by atoms with E-state index in [1.54, 1.807) is 4.90 Å². The van der Waals surface area contributed by atoms with Crippen molar-refractivity contribution in [2.45, 2.75) is 32.0 Å². The molecule has 5 heteroatoms. The molecule has 2 nitrogen and oxygen atoms in total. The fraction of sp³-hybridized carbons (Fsp3) is 1.00. The van der Waals surface area contributed by atoms with E-state index < -0.39 is 12.3 Å². The summed E-state index contributed by atoms with van der Waals surface area (Å²) in [6.07, 6.45) is -4.73. The molecular formula is C9H16F3NO. The number of halogens is 3. The van der Waals surface area contributed by atoms with E-state index in [1.807, 2.05) is 6.92 Å². The summed E-state index contributed by atoms with van der Waals surface area (Å²) >= 11 is 0. The maximum absolute atomic E-state index is 12.0. The molecule has 0 bridgehead atoms. The van der Waals surface area contributed by atoms with Gasteiger partial charge in [-0.25, -0.2) is 0 Å². The molecule has 2 atom stereocenters. The fourth-order valence-corrected chi connectivity index (χ4v) is 1.76. The molecule has 2 unspecified atom stereocenters. The average molecular weight is 211 g/mol. The van der Waals surface area contributed by atoms with Crippen LogP contribution in [0.25, 0.3) is 0 Å². The number of rotatable bonds is 3. The summed E-state index contributed by atoms with van der Waals surface area (Å²) in [4.78, 5) is 1.69. The first-order valence-corrected chi connectivity index (χ1v) is 4.90. The van der Waals surface area contributed by atoms with Gasteiger partial charge in [-0.2, -0.15) is 13.2 Å². The third kappa shape index (κ3) is 3.13. The van der Waals surface area contributed by atoms with Gasteiger partial charge >= 0.3 is 6.18 Å². The van der Waals surface area contributed by atoms with Gasteiger partial charge in [-0.05, 0) is 18.9 Å². The second kappa shape index (κ2) is 4.49. The second-order valence-electron chi connectivity index (χ2n) is 3.88. The van der Waals surface area contributed by atoms with Gasteiger partial charge in [-0.1, -0.05) is 13.3 Å². The minimum Gasteiger partial charge on any atom is -0.382 e. The third-order valence-corrected chi connectivity index (χ3v) is 2.76. The average Bonchev–Trinajstić information content (AvgIpc) is 2.50. The number of nitrogens with zero attached hydrogens (tertiary/aromatic N) is 1. The Hall–Kier alpha value is -0.290. The van der Waals surface area contributed by atoms with E-state index in [2.05, 4.69) is 0 Å². The molecule has 1 fully saturated rings. The number of β-amino-alcohol motifs (C(OH)–C–C–N with tert-alkyl or cyclic N) is 1. The van der Waals surface area contributed by atoms with Crippen molar-refractivity contribution in [2.24, 2.45) is 5.92 Å². The zero-order valence-corrected chi connectivity index (χ0v) is 8.22. The van der Waals surface area contributed by atoms with Crippen molar-refractivity contribution in [3.8, 4) is 0 Å². The minimum absolute atomic E-state index is 0.278. The van der Waals surface area contributed by atoms with E-state index in [0.717, 1.165) is 12.8 Å². The van der Waals surface area contributed by atoms with E-state index in [0.29, 0.717) is 19.0 Å². The standard InChI is InChI=1S/C9H16F3NO/c1-2-7-3-4-13(5-7)6-8(14)9(10,11)12/h7-8,14H,2-6H2,1H3. The predicted molar refractivity (Wildman–Crippen MR) is 46.9 cm³/mol. The van der Waals surface area contributed by atoms with E-state index in [4.69, 9.17) is 5.11 Å². The first kappa shape index (κ1) is 11.8. The van der Waals surface area contributed by atoms with Gasteiger partial charge in [0.05, 0.1) is 0 Å². The van der Waals surface area contributed by atoms with Crippen LogP contribution in [0.4, 0.5) is 13.2 Å². The molecule has 0 aromatic rings. The first-order chi connectivity index (χ1) is 6.43. The van der Waals surface area contributed by atoms with Crippen LogP contribution >= 0.6 is 0 Å². The molecule has 0 spiro atoms. The summed E-state index contributed by atoms with van der Waals surface area (Å²) in [5, 5.41) is 8.84. The molecule has 0 amide bonds. The molecule has 0 aromatic carbocycles. The molecule has 0 saturated carbocycles. The Kier molecular flexibility index (Phi) is 3.78. The highest BCUT2D eigenvalue weighted by Gasteiger charge is 2.39. The van der Waals surface area contributed by atoms with Crippen LogP contribution in [-0.4, -0.2) is 41.9 Å². The zero-order valence-electron chi connectivity index (χ0n) is 8.22. The lowest BCUT2D eigenvalue weighted by Gasteiger charge is -2.21. The van der Waals surface area contributed by atoms with Crippen molar-refractivity contribution in [3.63, 3.8) is 0 Å². The number of hydrogen-bond donors (Lipinski definition) is 1. The van der Waals surface area contributed by atoms with Crippen molar-refractivity contribution in [3.05, 3.63) is 0 Å². The Bertz CT molecular complexity index is 183. The second-order valence-corrected chi connectivity index (χ2v) is 3.88.